The molecule has 1 heterocycles. The fourth-order valence-corrected chi connectivity index (χ4v) is 3.22. The van der Waals surface area contributed by atoms with Crippen molar-refractivity contribution in [2.75, 3.05) is 12.4 Å². The summed E-state index contributed by atoms with van der Waals surface area (Å²) in [6.45, 7) is 1.73. The molecule has 3 rings (SSSR count). The molecule has 1 N–H and O–H groups in total. The number of methoxy groups -OCH3 is 1. The maximum atomic E-state index is 12.5. The Morgan fingerprint density at radius 2 is 2.04 bits per heavy atom. The van der Waals surface area contributed by atoms with Crippen molar-refractivity contribution in [2.45, 2.75) is 17.3 Å². The van der Waals surface area contributed by atoms with E-state index in [9.17, 15) is 14.9 Å². The maximum absolute atomic E-state index is 12.5. The standard InChI is InChI=1S/C18H17N5O4S/c1-12(17(24)20-13-4-3-5-15(10-13)23(25)26)28-18-21-19-11-22(18)14-6-8-16(27-2)9-7-14/h3-12H,1-2H3,(H,20,24)/t12-/m0/s1. The SMILES string of the molecule is COc1ccc(-n2cnnc2S[C@@H](C)C(=O)Nc2cccc([N+](=O)[O-])c2)cc1. The largest absolute Gasteiger partial charge is 0.497 e. The number of carbonyl (C=O) groups excluding carboxylic acids is 1. The minimum atomic E-state index is -0.509. The lowest BCUT2D eigenvalue weighted by molar-refractivity contribution is -0.384. The Morgan fingerprint density at radius 1 is 1.29 bits per heavy atom. The van der Waals surface area contributed by atoms with E-state index >= 15 is 0 Å². The van der Waals surface area contributed by atoms with Crippen LogP contribution in [-0.2, 0) is 4.79 Å². The van der Waals surface area contributed by atoms with Crippen LogP contribution in [0, 0.1) is 10.1 Å². The van der Waals surface area contributed by atoms with Gasteiger partial charge in [-0.15, -0.1) is 10.2 Å². The number of nitrogens with one attached hydrogen (secondary N) is 1. The van der Waals surface area contributed by atoms with E-state index in [2.05, 4.69) is 15.5 Å². The first kappa shape index (κ1) is 19.4. The average molecular weight is 399 g/mol. The van der Waals surface area contributed by atoms with Crippen molar-refractivity contribution in [1.29, 1.82) is 0 Å². The third kappa shape index (κ3) is 4.46. The zero-order chi connectivity index (χ0) is 20.1. The highest BCUT2D eigenvalue weighted by Gasteiger charge is 2.19. The highest BCUT2D eigenvalue weighted by Crippen LogP contribution is 2.26. The second-order valence-electron chi connectivity index (χ2n) is 5.74. The molecule has 1 atom stereocenters. The van der Waals surface area contributed by atoms with Crippen molar-refractivity contribution < 1.29 is 14.5 Å². The molecule has 0 radical (unpaired) electrons. The topological polar surface area (TPSA) is 112 Å². The second kappa shape index (κ2) is 8.53. The number of nitrogens with zero attached hydrogens (tertiary/aromatic N) is 4. The number of carbonyl (C=O) groups is 1. The highest BCUT2D eigenvalue weighted by molar-refractivity contribution is 8.00. The molecular formula is C18H17N5O4S. The van der Waals surface area contributed by atoms with Crippen LogP contribution >= 0.6 is 11.8 Å². The minimum Gasteiger partial charge on any atom is -0.497 e. The Hall–Kier alpha value is -3.40. The quantitative estimate of drug-likeness (QED) is 0.368. The number of benzene rings is 2. The summed E-state index contributed by atoms with van der Waals surface area (Å²) in [6.07, 6.45) is 1.56. The molecule has 2 aromatic carbocycles. The Kier molecular flexibility index (Phi) is 5.90. The minimum absolute atomic E-state index is 0.0858. The number of ether oxygens (including phenoxy) is 1. The molecule has 28 heavy (non-hydrogen) atoms. The summed E-state index contributed by atoms with van der Waals surface area (Å²) in [5, 5.41) is 21.6. The molecule has 1 amide bonds. The summed E-state index contributed by atoms with van der Waals surface area (Å²) >= 11 is 1.23. The van der Waals surface area contributed by atoms with Gasteiger partial charge in [0.05, 0.1) is 17.3 Å². The van der Waals surface area contributed by atoms with Gasteiger partial charge in [-0.1, -0.05) is 17.8 Å². The van der Waals surface area contributed by atoms with Crippen molar-refractivity contribution >= 4 is 29.0 Å². The van der Waals surface area contributed by atoms with Crippen molar-refractivity contribution in [3.63, 3.8) is 0 Å². The molecule has 0 aliphatic heterocycles. The molecule has 0 unspecified atom stereocenters. The van der Waals surface area contributed by atoms with E-state index in [0.717, 1.165) is 11.4 Å². The van der Waals surface area contributed by atoms with E-state index in [0.29, 0.717) is 10.8 Å². The van der Waals surface area contributed by atoms with Crippen molar-refractivity contribution in [2.24, 2.45) is 0 Å². The Balaban J connectivity index is 1.70. The summed E-state index contributed by atoms with van der Waals surface area (Å²) in [6, 6.07) is 13.2. The number of anilines is 1. The molecule has 3 aromatic rings. The first-order valence-corrected chi connectivity index (χ1v) is 9.12. The number of hydrogen-bond donors (Lipinski definition) is 1. The lowest BCUT2D eigenvalue weighted by Crippen LogP contribution is -2.22. The predicted octanol–water partition coefficient (Wildman–Crippen LogP) is 3.30. The van der Waals surface area contributed by atoms with Gasteiger partial charge in [-0.05, 0) is 37.3 Å². The monoisotopic (exact) mass is 399 g/mol. The third-order valence-corrected chi connectivity index (χ3v) is 4.90. The molecule has 0 aliphatic carbocycles. The normalized spacial score (nSPS) is 11.6. The predicted molar refractivity (Wildman–Crippen MR) is 105 cm³/mol. The van der Waals surface area contributed by atoms with Crippen LogP contribution < -0.4 is 10.1 Å². The Labute approximate surface area is 164 Å². The summed E-state index contributed by atoms with van der Waals surface area (Å²) in [5.41, 5.74) is 1.11. The zero-order valence-corrected chi connectivity index (χ0v) is 15.9. The highest BCUT2D eigenvalue weighted by atomic mass is 32.2. The van der Waals surface area contributed by atoms with Crippen LogP contribution in [0.25, 0.3) is 5.69 Å². The van der Waals surface area contributed by atoms with Crippen LogP contribution in [-0.4, -0.2) is 38.0 Å². The van der Waals surface area contributed by atoms with E-state index in [-0.39, 0.29) is 11.6 Å². The van der Waals surface area contributed by atoms with Crippen LogP contribution in [0.3, 0.4) is 0 Å². The Morgan fingerprint density at radius 3 is 2.71 bits per heavy atom. The van der Waals surface area contributed by atoms with E-state index in [1.165, 1.54) is 30.0 Å². The molecule has 10 heteroatoms. The van der Waals surface area contributed by atoms with Gasteiger partial charge in [0, 0.05) is 23.5 Å². The number of nitro groups is 1. The smallest absolute Gasteiger partial charge is 0.271 e. The van der Waals surface area contributed by atoms with E-state index in [1.54, 1.807) is 31.0 Å². The molecule has 0 saturated carbocycles. The molecule has 0 fully saturated rings. The number of aromatic nitrogens is 3. The summed E-state index contributed by atoms with van der Waals surface area (Å²) in [5.74, 6) is 0.436. The molecule has 0 spiro atoms. The number of non-ortho nitro benzene ring substituents is 1. The molecule has 0 aliphatic rings. The first-order chi connectivity index (χ1) is 13.5. The van der Waals surface area contributed by atoms with Crippen molar-refractivity contribution in [3.8, 4) is 11.4 Å². The van der Waals surface area contributed by atoms with Crippen molar-refractivity contribution in [3.05, 3.63) is 65.0 Å². The van der Waals surface area contributed by atoms with Gasteiger partial charge in [-0.2, -0.15) is 0 Å². The van der Waals surface area contributed by atoms with E-state index in [4.69, 9.17) is 4.74 Å². The second-order valence-corrected chi connectivity index (χ2v) is 7.05. The van der Waals surface area contributed by atoms with Gasteiger partial charge in [0.15, 0.2) is 5.16 Å². The lowest BCUT2D eigenvalue weighted by Gasteiger charge is -2.12. The van der Waals surface area contributed by atoms with Crippen LogP contribution in [0.15, 0.2) is 60.0 Å². The molecule has 9 nitrogen and oxygen atoms in total. The van der Waals surface area contributed by atoms with E-state index in [1.807, 2.05) is 24.3 Å². The summed E-state index contributed by atoms with van der Waals surface area (Å²) in [4.78, 5) is 22.8. The van der Waals surface area contributed by atoms with Crippen molar-refractivity contribution in [1.82, 2.24) is 14.8 Å². The third-order valence-electron chi connectivity index (χ3n) is 3.84. The molecule has 1 aromatic heterocycles. The first-order valence-electron chi connectivity index (χ1n) is 8.24. The molecule has 144 valence electrons. The summed E-state index contributed by atoms with van der Waals surface area (Å²) < 4.78 is 6.92. The van der Waals surface area contributed by atoms with Crippen LogP contribution in [0.1, 0.15) is 6.92 Å². The maximum Gasteiger partial charge on any atom is 0.271 e. The fourth-order valence-electron chi connectivity index (χ4n) is 2.38. The van der Waals surface area contributed by atoms with E-state index < -0.39 is 10.2 Å². The van der Waals surface area contributed by atoms with Crippen LogP contribution in [0.5, 0.6) is 5.75 Å². The fraction of sp³-hybridized carbons (Fsp3) is 0.167. The molecule has 0 bridgehead atoms. The van der Waals surface area contributed by atoms with Gasteiger partial charge in [0.2, 0.25) is 5.91 Å². The van der Waals surface area contributed by atoms with Gasteiger partial charge >= 0.3 is 0 Å². The Bertz CT molecular complexity index is 990. The van der Waals surface area contributed by atoms with Crippen LogP contribution in [0.2, 0.25) is 0 Å². The lowest BCUT2D eigenvalue weighted by atomic mass is 10.2. The van der Waals surface area contributed by atoms with Gasteiger partial charge in [-0.25, -0.2) is 0 Å². The number of amides is 1. The van der Waals surface area contributed by atoms with Gasteiger partial charge in [-0.3, -0.25) is 19.5 Å². The van der Waals surface area contributed by atoms with Crippen LogP contribution in [0.4, 0.5) is 11.4 Å². The van der Waals surface area contributed by atoms with Gasteiger partial charge in [0.25, 0.3) is 5.69 Å². The molecule has 0 saturated heterocycles. The number of rotatable bonds is 7. The zero-order valence-electron chi connectivity index (χ0n) is 15.1. The number of hydrogen-bond acceptors (Lipinski definition) is 7. The van der Waals surface area contributed by atoms with Gasteiger partial charge < -0.3 is 10.1 Å². The summed E-state index contributed by atoms with van der Waals surface area (Å²) in [7, 11) is 1.59. The number of thioether (sulfide) groups is 1. The number of nitro benzene ring substituents is 1. The molecular weight excluding hydrogens is 382 g/mol. The van der Waals surface area contributed by atoms with Gasteiger partial charge in [0.1, 0.15) is 12.1 Å². The average Bonchev–Trinajstić information content (AvgIpc) is 3.16.